The molecular formula is C31H40BNO2. The number of rotatable bonds is 3. The Balaban J connectivity index is 1.55. The number of fused-ring (bicyclic) bond motifs is 3. The van der Waals surface area contributed by atoms with Crippen molar-refractivity contribution in [3.8, 4) is 0 Å². The fourth-order valence-electron chi connectivity index (χ4n) is 5.64. The van der Waals surface area contributed by atoms with E-state index >= 15 is 0 Å². The molecular weight excluding hydrogens is 429 g/mol. The van der Waals surface area contributed by atoms with Crippen molar-refractivity contribution in [1.82, 2.24) is 0 Å². The standard InChI is InChI=1S/C31H40BNO2/c1-28(2,3)20-14-16-21(17-15-20)33-27-19-25-23(22-12-10-11-13-24(22)29(25,4)5)18-26(27)32-34-30(6,7)31(8,9)35-32/h10-19,26-27,33H,1-9H3. The minimum atomic E-state index is -0.369. The van der Waals surface area contributed by atoms with E-state index < -0.39 is 0 Å². The number of hydrogen-bond acceptors (Lipinski definition) is 3. The molecule has 184 valence electrons. The maximum absolute atomic E-state index is 6.59. The van der Waals surface area contributed by atoms with E-state index in [2.05, 4.69) is 128 Å². The molecule has 1 N–H and O–H groups in total. The van der Waals surface area contributed by atoms with Gasteiger partial charge in [0.2, 0.25) is 0 Å². The predicted octanol–water partition coefficient (Wildman–Crippen LogP) is 7.54. The van der Waals surface area contributed by atoms with Gasteiger partial charge in [-0.15, -0.1) is 0 Å². The third kappa shape index (κ3) is 3.99. The van der Waals surface area contributed by atoms with Gasteiger partial charge < -0.3 is 14.6 Å². The van der Waals surface area contributed by atoms with Crippen LogP contribution in [-0.4, -0.2) is 24.4 Å². The largest absolute Gasteiger partial charge is 0.467 e. The highest BCUT2D eigenvalue weighted by molar-refractivity contribution is 6.49. The fraction of sp³-hybridized carbons (Fsp3) is 0.484. The maximum Gasteiger partial charge on any atom is 0.467 e. The van der Waals surface area contributed by atoms with E-state index in [1.165, 1.54) is 27.8 Å². The summed E-state index contributed by atoms with van der Waals surface area (Å²) in [6.07, 6.45) is 4.84. The molecule has 0 amide bonds. The van der Waals surface area contributed by atoms with Crippen molar-refractivity contribution in [1.29, 1.82) is 0 Å². The zero-order chi connectivity index (χ0) is 25.4. The Bertz CT molecular complexity index is 1180. The van der Waals surface area contributed by atoms with E-state index in [1.54, 1.807) is 0 Å². The van der Waals surface area contributed by atoms with Crippen LogP contribution in [0.4, 0.5) is 5.69 Å². The van der Waals surface area contributed by atoms with Crippen LogP contribution >= 0.6 is 0 Å². The van der Waals surface area contributed by atoms with E-state index in [9.17, 15) is 0 Å². The first-order valence-electron chi connectivity index (χ1n) is 13.0. The monoisotopic (exact) mass is 469 g/mol. The summed E-state index contributed by atoms with van der Waals surface area (Å²) < 4.78 is 13.2. The summed E-state index contributed by atoms with van der Waals surface area (Å²) >= 11 is 0. The van der Waals surface area contributed by atoms with Crippen LogP contribution in [0.5, 0.6) is 0 Å². The highest BCUT2D eigenvalue weighted by Gasteiger charge is 2.56. The molecule has 0 spiro atoms. The molecule has 2 unspecified atom stereocenters. The van der Waals surface area contributed by atoms with Crippen molar-refractivity contribution in [3.05, 3.63) is 82.9 Å². The van der Waals surface area contributed by atoms with Crippen molar-refractivity contribution in [3.63, 3.8) is 0 Å². The molecule has 3 aliphatic rings. The van der Waals surface area contributed by atoms with Crippen molar-refractivity contribution < 1.29 is 9.31 Å². The maximum atomic E-state index is 6.59. The lowest BCUT2D eigenvalue weighted by molar-refractivity contribution is 0.00578. The molecule has 0 radical (unpaired) electrons. The Morgan fingerprint density at radius 1 is 0.800 bits per heavy atom. The van der Waals surface area contributed by atoms with Crippen LogP contribution in [0.15, 0.2) is 66.3 Å². The van der Waals surface area contributed by atoms with Crippen LogP contribution in [0.1, 0.15) is 79.0 Å². The van der Waals surface area contributed by atoms with Gasteiger partial charge in [0.1, 0.15) is 0 Å². The molecule has 0 bridgehead atoms. The van der Waals surface area contributed by atoms with Gasteiger partial charge in [0.05, 0.1) is 11.2 Å². The Morgan fingerprint density at radius 2 is 1.40 bits per heavy atom. The second kappa shape index (κ2) is 7.85. The topological polar surface area (TPSA) is 30.5 Å². The Morgan fingerprint density at radius 3 is 2.00 bits per heavy atom. The molecule has 35 heavy (non-hydrogen) atoms. The van der Waals surface area contributed by atoms with Gasteiger partial charge in [-0.3, -0.25) is 0 Å². The Hall–Kier alpha value is -2.30. The van der Waals surface area contributed by atoms with E-state index in [0.717, 1.165) is 5.69 Å². The van der Waals surface area contributed by atoms with Crippen LogP contribution < -0.4 is 5.32 Å². The molecule has 2 aromatic carbocycles. The van der Waals surface area contributed by atoms with Gasteiger partial charge >= 0.3 is 7.12 Å². The molecule has 2 aromatic rings. The van der Waals surface area contributed by atoms with Gasteiger partial charge in [-0.25, -0.2) is 0 Å². The SMILES string of the molecule is CC(C)(C)c1ccc(NC2C=C3C(=CC2B2OC(C)(C)C(C)(C)O2)c2ccccc2C3(C)C)cc1. The van der Waals surface area contributed by atoms with Gasteiger partial charge in [-0.1, -0.05) is 83.2 Å². The summed E-state index contributed by atoms with van der Waals surface area (Å²) in [5, 5.41) is 3.84. The van der Waals surface area contributed by atoms with Crippen molar-refractivity contribution >= 4 is 18.4 Å². The van der Waals surface area contributed by atoms with Crippen LogP contribution in [0, 0.1) is 0 Å². The summed E-state index contributed by atoms with van der Waals surface area (Å²) in [6.45, 7) is 19.9. The molecule has 1 fully saturated rings. The third-order valence-electron chi connectivity index (χ3n) is 8.64. The minimum absolute atomic E-state index is 0.0408. The number of benzene rings is 2. The molecule has 4 heteroatoms. The van der Waals surface area contributed by atoms with Crippen LogP contribution in [0.25, 0.3) is 5.57 Å². The lowest BCUT2D eigenvalue weighted by Crippen LogP contribution is -2.41. The first-order chi connectivity index (χ1) is 16.2. The summed E-state index contributed by atoms with van der Waals surface area (Å²) in [7, 11) is -0.326. The molecule has 1 aliphatic heterocycles. The number of allylic oxidation sites excluding steroid dienone is 2. The van der Waals surface area contributed by atoms with Crippen LogP contribution in [0.3, 0.4) is 0 Å². The zero-order valence-corrected chi connectivity index (χ0v) is 22.8. The second-order valence-corrected chi connectivity index (χ2v) is 13.0. The first-order valence-corrected chi connectivity index (χ1v) is 13.0. The van der Waals surface area contributed by atoms with Gasteiger partial charge in [0, 0.05) is 23.0 Å². The van der Waals surface area contributed by atoms with Crippen LogP contribution in [-0.2, 0) is 20.1 Å². The van der Waals surface area contributed by atoms with Gasteiger partial charge in [-0.2, -0.15) is 0 Å². The average Bonchev–Trinajstić information content (AvgIpc) is 3.12. The minimum Gasteiger partial charge on any atom is -0.403 e. The smallest absolute Gasteiger partial charge is 0.403 e. The normalized spacial score (nSPS) is 26.0. The second-order valence-electron chi connectivity index (χ2n) is 13.0. The molecule has 5 rings (SSSR count). The van der Waals surface area contributed by atoms with E-state index in [0.29, 0.717) is 0 Å². The van der Waals surface area contributed by atoms with Gasteiger partial charge in [-0.05, 0) is 73.1 Å². The van der Waals surface area contributed by atoms with E-state index in [-0.39, 0.29) is 41.0 Å². The summed E-state index contributed by atoms with van der Waals surface area (Å²) in [5.41, 5.74) is 7.24. The average molecular weight is 469 g/mol. The van der Waals surface area contributed by atoms with Gasteiger partial charge in [0.15, 0.2) is 0 Å². The fourth-order valence-corrected chi connectivity index (χ4v) is 5.64. The summed E-state index contributed by atoms with van der Waals surface area (Å²) in [6, 6.07) is 17.7. The number of hydrogen-bond donors (Lipinski definition) is 1. The summed E-state index contributed by atoms with van der Waals surface area (Å²) in [4.78, 5) is 0. The zero-order valence-electron chi connectivity index (χ0n) is 22.8. The van der Waals surface area contributed by atoms with E-state index in [1.807, 2.05) is 0 Å². The van der Waals surface area contributed by atoms with Crippen LogP contribution in [0.2, 0.25) is 5.82 Å². The predicted molar refractivity (Wildman–Crippen MR) is 148 cm³/mol. The Kier molecular flexibility index (Phi) is 5.47. The molecule has 0 aromatic heterocycles. The highest BCUT2D eigenvalue weighted by atomic mass is 16.7. The summed E-state index contributed by atoms with van der Waals surface area (Å²) in [5.74, 6) is 0.0408. The highest BCUT2D eigenvalue weighted by Crippen LogP contribution is 2.54. The molecule has 2 atom stereocenters. The number of nitrogens with one attached hydrogen (secondary N) is 1. The van der Waals surface area contributed by atoms with Gasteiger partial charge in [0.25, 0.3) is 0 Å². The first kappa shape index (κ1) is 24.4. The van der Waals surface area contributed by atoms with Crippen molar-refractivity contribution in [2.75, 3.05) is 5.32 Å². The molecule has 1 saturated heterocycles. The lowest BCUT2D eigenvalue weighted by atomic mass is 9.63. The Labute approximate surface area is 212 Å². The third-order valence-corrected chi connectivity index (χ3v) is 8.64. The van der Waals surface area contributed by atoms with Crippen molar-refractivity contribution in [2.45, 2.75) is 96.2 Å². The number of anilines is 1. The molecule has 1 heterocycles. The lowest BCUT2D eigenvalue weighted by Gasteiger charge is -2.33. The molecule has 3 nitrogen and oxygen atoms in total. The van der Waals surface area contributed by atoms with E-state index in [4.69, 9.17) is 9.31 Å². The molecule has 2 aliphatic carbocycles. The molecule has 0 saturated carbocycles. The quantitative estimate of drug-likeness (QED) is 0.471. The van der Waals surface area contributed by atoms with Crippen molar-refractivity contribution in [2.24, 2.45) is 0 Å².